The summed E-state index contributed by atoms with van der Waals surface area (Å²) in [6.45, 7) is 3.11. The van der Waals surface area contributed by atoms with Gasteiger partial charge in [0.05, 0.1) is 11.3 Å². The summed E-state index contributed by atoms with van der Waals surface area (Å²) in [6.07, 6.45) is 1.98. The van der Waals surface area contributed by atoms with Crippen molar-refractivity contribution in [2.45, 2.75) is 43.1 Å². The van der Waals surface area contributed by atoms with Gasteiger partial charge in [0, 0.05) is 17.2 Å². The molecule has 0 aromatic carbocycles. The first-order valence-electron chi connectivity index (χ1n) is 8.46. The van der Waals surface area contributed by atoms with E-state index in [9.17, 15) is 37.5 Å². The van der Waals surface area contributed by atoms with Crippen LogP contribution in [0.15, 0.2) is 22.9 Å². The topological polar surface area (TPSA) is 175 Å². The second-order valence-corrected chi connectivity index (χ2v) is 11.5. The summed E-state index contributed by atoms with van der Waals surface area (Å²) >= 11 is 0. The normalized spacial score (nSPS) is 20.3. The molecule has 0 aromatic rings. The van der Waals surface area contributed by atoms with E-state index in [1.807, 2.05) is 0 Å². The van der Waals surface area contributed by atoms with Crippen LogP contribution < -0.4 is 0 Å². The minimum absolute atomic E-state index is 0.0756. The van der Waals surface area contributed by atoms with Crippen molar-refractivity contribution in [1.82, 2.24) is 10.0 Å². The number of carboxylic acids is 1. The lowest BCUT2D eigenvalue weighted by Gasteiger charge is -2.34. The predicted molar refractivity (Wildman–Crippen MR) is 108 cm³/mol. The molecule has 0 radical (unpaired) electrons. The third-order valence-electron chi connectivity index (χ3n) is 4.19. The first kappa shape index (κ1) is 24.2. The number of aliphatic carboxylic acids is 1. The summed E-state index contributed by atoms with van der Waals surface area (Å²) in [5.74, 6) is -3.09. The van der Waals surface area contributed by atoms with E-state index in [4.69, 9.17) is 5.11 Å². The van der Waals surface area contributed by atoms with Crippen LogP contribution in [0.25, 0.3) is 0 Å². The molecule has 0 spiro atoms. The molecule has 2 rings (SSSR count). The highest BCUT2D eigenvalue weighted by Gasteiger charge is 2.50. The number of carboxylic acid groups (broad SMARTS) is 1. The van der Waals surface area contributed by atoms with Gasteiger partial charge in [-0.25, -0.2) is 0 Å². The summed E-state index contributed by atoms with van der Waals surface area (Å²) < 4.78 is 31.5. The van der Waals surface area contributed by atoms with Crippen LogP contribution in [-0.4, -0.2) is 67.3 Å². The van der Waals surface area contributed by atoms with E-state index in [0.717, 1.165) is 15.8 Å². The molecule has 0 aromatic heterocycles. The van der Waals surface area contributed by atoms with Gasteiger partial charge in [-0.1, -0.05) is 10.8 Å². The molecule has 30 heavy (non-hydrogen) atoms. The maximum absolute atomic E-state index is 12.5. The van der Waals surface area contributed by atoms with Gasteiger partial charge in [0.1, 0.15) is 11.6 Å². The lowest BCUT2D eigenvalue weighted by atomic mass is 10.1. The number of amides is 2. The molecule has 1 unspecified atom stereocenters. The molecule has 15 heteroatoms. The molecule has 12 nitrogen and oxygen atoms in total. The lowest BCUT2D eigenvalue weighted by molar-refractivity contribution is -0.429. The molecule has 1 saturated heterocycles. The minimum Gasteiger partial charge on any atom is -0.481 e. The average Bonchev–Trinajstić information content (AvgIpc) is 2.93. The molecule has 2 aliphatic heterocycles. The van der Waals surface area contributed by atoms with E-state index >= 15 is 0 Å². The van der Waals surface area contributed by atoms with Gasteiger partial charge < -0.3 is 5.11 Å². The lowest BCUT2D eigenvalue weighted by Crippen LogP contribution is -2.48. The Bertz CT molecular complexity index is 942. The fraction of sp³-hybridized carbons (Fsp3) is 0.533. The molecule has 0 saturated carbocycles. The van der Waals surface area contributed by atoms with Crippen molar-refractivity contribution >= 4 is 49.5 Å². The predicted octanol–water partition coefficient (Wildman–Crippen LogP) is 1.26. The van der Waals surface area contributed by atoms with Crippen molar-refractivity contribution in [3.05, 3.63) is 33.0 Å². The Balaban J connectivity index is 2.28. The van der Waals surface area contributed by atoms with Crippen LogP contribution in [0.1, 0.15) is 33.1 Å². The van der Waals surface area contributed by atoms with Gasteiger partial charge in [-0.3, -0.25) is 34.1 Å². The first-order valence-corrected chi connectivity index (χ1v) is 12.1. The highest BCUT2D eigenvalue weighted by Crippen LogP contribution is 2.45. The molecule has 2 N–H and O–H groups in total. The summed E-state index contributed by atoms with van der Waals surface area (Å²) in [6, 6.07) is 0. The molecule has 1 fully saturated rings. The van der Waals surface area contributed by atoms with Gasteiger partial charge in [0.2, 0.25) is 5.91 Å². The van der Waals surface area contributed by atoms with Gasteiger partial charge in [-0.15, -0.1) is 0 Å². The van der Waals surface area contributed by atoms with Gasteiger partial charge in [-0.2, -0.15) is 13.4 Å². The smallest absolute Gasteiger partial charge is 0.303 e. The number of imide groups is 1. The van der Waals surface area contributed by atoms with E-state index in [2.05, 4.69) is 0 Å². The third-order valence-corrected chi connectivity index (χ3v) is 8.65. The largest absolute Gasteiger partial charge is 0.481 e. The van der Waals surface area contributed by atoms with E-state index < -0.39 is 55.8 Å². The van der Waals surface area contributed by atoms with Crippen molar-refractivity contribution in [2.24, 2.45) is 0 Å². The zero-order valence-corrected chi connectivity index (χ0v) is 18.3. The number of hydrazine groups is 1. The van der Waals surface area contributed by atoms with Crippen molar-refractivity contribution in [1.29, 1.82) is 0 Å². The molecule has 166 valence electrons. The number of hydrogen-bond acceptors (Lipinski definition) is 10. The maximum atomic E-state index is 12.5. The quantitative estimate of drug-likeness (QED) is 0.159. The molecule has 0 bridgehead atoms. The molecule has 0 aliphatic carbocycles. The van der Waals surface area contributed by atoms with Crippen molar-refractivity contribution in [2.75, 3.05) is 6.54 Å². The van der Waals surface area contributed by atoms with Crippen LogP contribution in [0.2, 0.25) is 0 Å². The summed E-state index contributed by atoms with van der Waals surface area (Å²) in [5.41, 5.74) is -0.328. The Kier molecular flexibility index (Phi) is 7.21. The number of rotatable bonds is 9. The molecule has 2 aliphatic rings. The van der Waals surface area contributed by atoms with Crippen molar-refractivity contribution < 1.29 is 37.4 Å². The monoisotopic (exact) mass is 481 g/mol. The fourth-order valence-corrected chi connectivity index (χ4v) is 5.75. The van der Waals surface area contributed by atoms with E-state index in [-0.39, 0.29) is 17.1 Å². The highest BCUT2D eigenvalue weighted by atomic mass is 33.1. The van der Waals surface area contributed by atoms with Crippen LogP contribution in [0.4, 0.5) is 0 Å². The highest BCUT2D eigenvalue weighted by molar-refractivity contribution is 8.78. The molecule has 2 amide bonds. The zero-order chi connectivity index (χ0) is 22.9. The number of nitro groups is 1. The fourth-order valence-electron chi connectivity index (χ4n) is 2.58. The third kappa shape index (κ3) is 5.74. The molecular formula is C15H19N3O9S3. The maximum Gasteiger partial charge on any atom is 0.303 e. The second kappa shape index (κ2) is 8.95. The standard InChI is InChI=1S/C15H19N3O9S3/c1-15(2,6-5-13(20)21)29-28-12-4-3-9(18(23)24)8-16(12)17-11(19)7-10(14(17)22)30(25,26)27/h3-4,10H,5-8H2,1-2H3,(H,20,21)(H,25,26,27). The van der Waals surface area contributed by atoms with Gasteiger partial charge >= 0.3 is 5.97 Å². The van der Waals surface area contributed by atoms with Crippen LogP contribution in [0.3, 0.4) is 0 Å². The number of nitrogens with zero attached hydrogens (tertiary/aromatic N) is 3. The van der Waals surface area contributed by atoms with E-state index in [1.54, 1.807) is 13.8 Å². The zero-order valence-electron chi connectivity index (χ0n) is 15.9. The van der Waals surface area contributed by atoms with Crippen LogP contribution in [0, 0.1) is 10.1 Å². The van der Waals surface area contributed by atoms with Gasteiger partial charge in [-0.05, 0) is 37.1 Å². The van der Waals surface area contributed by atoms with Crippen molar-refractivity contribution in [3.8, 4) is 0 Å². The van der Waals surface area contributed by atoms with Gasteiger partial charge in [0.25, 0.3) is 21.7 Å². The summed E-state index contributed by atoms with van der Waals surface area (Å²) in [5, 5.41) is 19.8. The Labute approximate surface area is 179 Å². The SMILES string of the molecule is CC(C)(CCC(=O)O)SSC1=CC=C([N+](=O)[O-])CN1N1C(=O)CC(S(=O)(=O)O)C1=O. The van der Waals surface area contributed by atoms with Crippen molar-refractivity contribution in [3.63, 3.8) is 0 Å². The Morgan fingerprint density at radius 1 is 1.37 bits per heavy atom. The number of carbonyl (C=O) groups is 3. The molecule has 2 heterocycles. The Hall–Kier alpha value is -2.10. The molecular weight excluding hydrogens is 462 g/mol. The van der Waals surface area contributed by atoms with Gasteiger partial charge in [0.15, 0.2) is 5.25 Å². The minimum atomic E-state index is -4.83. The average molecular weight is 482 g/mol. The number of allylic oxidation sites excluding steroid dienone is 2. The van der Waals surface area contributed by atoms with E-state index in [0.29, 0.717) is 11.4 Å². The van der Waals surface area contributed by atoms with Crippen LogP contribution >= 0.6 is 21.6 Å². The van der Waals surface area contributed by atoms with Crippen LogP contribution in [0.5, 0.6) is 0 Å². The Morgan fingerprint density at radius 3 is 2.50 bits per heavy atom. The summed E-state index contributed by atoms with van der Waals surface area (Å²) in [7, 11) is -2.53. The number of hydrogen-bond donors (Lipinski definition) is 2. The number of carbonyl (C=O) groups excluding carboxylic acids is 2. The first-order chi connectivity index (χ1) is 13.7. The summed E-state index contributed by atoms with van der Waals surface area (Å²) in [4.78, 5) is 46.1. The second-order valence-electron chi connectivity index (χ2n) is 7.05. The Morgan fingerprint density at radius 2 is 2.00 bits per heavy atom. The molecule has 1 atom stereocenters. The van der Waals surface area contributed by atoms with Crippen LogP contribution in [-0.2, 0) is 24.5 Å². The van der Waals surface area contributed by atoms with E-state index in [1.165, 1.54) is 22.9 Å².